The molecule has 2 aromatic heterocycles. The fourth-order valence-corrected chi connectivity index (χ4v) is 2.63. The van der Waals surface area contributed by atoms with Gasteiger partial charge in [-0.25, -0.2) is 13.8 Å². The first-order valence-corrected chi connectivity index (χ1v) is 5.99. The lowest BCUT2D eigenvalue weighted by atomic mass is 10.2. The predicted molar refractivity (Wildman–Crippen MR) is 67.0 cm³/mol. The molecule has 0 aliphatic heterocycles. The molecule has 0 aliphatic carbocycles. The summed E-state index contributed by atoms with van der Waals surface area (Å²) in [6, 6.07) is 3.46. The Labute approximate surface area is 106 Å². The Balaban J connectivity index is 2.36. The van der Waals surface area contributed by atoms with Crippen LogP contribution in [0.3, 0.4) is 0 Å². The van der Waals surface area contributed by atoms with E-state index in [1.165, 1.54) is 7.05 Å². The molecule has 0 aliphatic rings. The van der Waals surface area contributed by atoms with Gasteiger partial charge in [0.1, 0.15) is 9.71 Å². The molecular weight excluding hydrogens is 260 g/mol. The number of thiophene rings is 1. The van der Waals surface area contributed by atoms with Crippen LogP contribution in [0.1, 0.15) is 9.67 Å². The molecule has 2 N–H and O–H groups in total. The number of carbonyl (C=O) groups excluding carboxylic acids is 1. The van der Waals surface area contributed by atoms with Crippen molar-refractivity contribution in [1.29, 1.82) is 0 Å². The second-order valence-electron chi connectivity index (χ2n) is 3.78. The Morgan fingerprint density at radius 2 is 2.33 bits per heavy atom. The molecule has 2 rings (SSSR count). The molecule has 0 spiro atoms. The van der Waals surface area contributed by atoms with Gasteiger partial charge in [-0.1, -0.05) is 0 Å². The third-order valence-corrected chi connectivity index (χ3v) is 3.57. The van der Waals surface area contributed by atoms with Crippen LogP contribution in [0.15, 0.2) is 18.3 Å². The van der Waals surface area contributed by atoms with E-state index in [1.807, 2.05) is 0 Å². The second kappa shape index (κ2) is 4.85. The van der Waals surface area contributed by atoms with Gasteiger partial charge < -0.3 is 10.6 Å². The molecule has 18 heavy (non-hydrogen) atoms. The molecule has 0 saturated heterocycles. The molecule has 7 heteroatoms. The summed E-state index contributed by atoms with van der Waals surface area (Å²) < 4.78 is 24.5. The zero-order valence-corrected chi connectivity index (χ0v) is 10.4. The average Bonchev–Trinajstić information content (AvgIpc) is 2.66. The highest BCUT2D eigenvalue weighted by Gasteiger charge is 2.21. The van der Waals surface area contributed by atoms with Crippen LogP contribution in [-0.4, -0.2) is 35.8 Å². The minimum Gasteiger partial charge on any atom is -0.397 e. The SMILES string of the molecule is CN(CC(F)F)C(=O)c1sc2ncccc2c1N. The van der Waals surface area contributed by atoms with Crippen LogP contribution >= 0.6 is 11.3 Å². The summed E-state index contributed by atoms with van der Waals surface area (Å²) in [7, 11) is 1.33. The van der Waals surface area contributed by atoms with Gasteiger partial charge in [-0.05, 0) is 12.1 Å². The number of rotatable bonds is 3. The molecule has 1 amide bonds. The molecule has 4 nitrogen and oxygen atoms in total. The number of alkyl halides is 2. The Morgan fingerprint density at radius 3 is 2.94 bits per heavy atom. The van der Waals surface area contributed by atoms with Gasteiger partial charge in [0.2, 0.25) is 0 Å². The van der Waals surface area contributed by atoms with Gasteiger partial charge in [-0.15, -0.1) is 11.3 Å². The Morgan fingerprint density at radius 1 is 1.61 bits per heavy atom. The molecule has 0 radical (unpaired) electrons. The zero-order chi connectivity index (χ0) is 13.3. The van der Waals surface area contributed by atoms with E-state index in [4.69, 9.17) is 5.73 Å². The highest BCUT2D eigenvalue weighted by Crippen LogP contribution is 2.32. The number of nitrogens with two attached hydrogens (primary N) is 1. The summed E-state index contributed by atoms with van der Waals surface area (Å²) in [5.41, 5.74) is 6.14. The number of amides is 1. The summed E-state index contributed by atoms with van der Waals surface area (Å²) in [4.78, 5) is 17.9. The van der Waals surface area contributed by atoms with Gasteiger partial charge in [0.15, 0.2) is 0 Å². The first-order valence-electron chi connectivity index (χ1n) is 5.17. The van der Waals surface area contributed by atoms with E-state index in [0.29, 0.717) is 15.9 Å². The highest BCUT2D eigenvalue weighted by molar-refractivity contribution is 7.21. The summed E-state index contributed by atoms with van der Waals surface area (Å²) in [6.45, 7) is -0.611. The van der Waals surface area contributed by atoms with Crippen molar-refractivity contribution in [2.24, 2.45) is 0 Å². The number of anilines is 1. The van der Waals surface area contributed by atoms with Crippen LogP contribution in [0.25, 0.3) is 10.2 Å². The lowest BCUT2D eigenvalue weighted by Crippen LogP contribution is -2.31. The monoisotopic (exact) mass is 271 g/mol. The van der Waals surface area contributed by atoms with Crippen LogP contribution in [0, 0.1) is 0 Å². The maximum absolute atomic E-state index is 12.2. The second-order valence-corrected chi connectivity index (χ2v) is 4.78. The molecule has 0 saturated carbocycles. The van der Waals surface area contributed by atoms with Crippen molar-refractivity contribution in [3.63, 3.8) is 0 Å². The molecule has 0 fully saturated rings. The number of carbonyl (C=O) groups is 1. The van der Waals surface area contributed by atoms with Crippen LogP contribution in [0.2, 0.25) is 0 Å². The molecule has 0 atom stereocenters. The van der Waals surface area contributed by atoms with Gasteiger partial charge >= 0.3 is 0 Å². The third kappa shape index (κ3) is 2.26. The molecular formula is C11H11F2N3OS. The van der Waals surface area contributed by atoms with Gasteiger partial charge in [-0.3, -0.25) is 4.79 Å². The lowest BCUT2D eigenvalue weighted by molar-refractivity contribution is 0.0625. The average molecular weight is 271 g/mol. The minimum atomic E-state index is -2.56. The number of halogens is 2. The molecule has 2 heterocycles. The van der Waals surface area contributed by atoms with Gasteiger partial charge in [0, 0.05) is 18.6 Å². The largest absolute Gasteiger partial charge is 0.397 e. The Kier molecular flexibility index (Phi) is 3.42. The van der Waals surface area contributed by atoms with Crippen molar-refractivity contribution in [3.05, 3.63) is 23.2 Å². The lowest BCUT2D eigenvalue weighted by Gasteiger charge is -2.15. The van der Waals surface area contributed by atoms with Crippen LogP contribution in [-0.2, 0) is 0 Å². The third-order valence-electron chi connectivity index (χ3n) is 2.46. The standard InChI is InChI=1S/C11H11F2N3OS/c1-16(5-7(12)13)11(17)9-8(14)6-3-2-4-15-10(6)18-9/h2-4,7H,5,14H2,1H3. The Hall–Kier alpha value is -1.76. The number of fused-ring (bicyclic) bond motifs is 1. The van der Waals surface area contributed by atoms with Gasteiger partial charge in [-0.2, -0.15) is 0 Å². The summed E-state index contributed by atoms with van der Waals surface area (Å²) in [6.07, 6.45) is -0.970. The van der Waals surface area contributed by atoms with E-state index in [0.717, 1.165) is 16.2 Å². The van der Waals surface area contributed by atoms with Crippen molar-refractivity contribution in [2.45, 2.75) is 6.43 Å². The van der Waals surface area contributed by atoms with Crippen LogP contribution in [0.4, 0.5) is 14.5 Å². The smallest absolute Gasteiger partial charge is 0.266 e. The number of hydrogen-bond donors (Lipinski definition) is 1. The maximum Gasteiger partial charge on any atom is 0.266 e. The van der Waals surface area contributed by atoms with Gasteiger partial charge in [0.05, 0.1) is 12.2 Å². The highest BCUT2D eigenvalue weighted by atomic mass is 32.1. The minimum absolute atomic E-state index is 0.256. The maximum atomic E-state index is 12.2. The predicted octanol–water partition coefficient (Wildman–Crippen LogP) is 2.22. The number of aromatic nitrogens is 1. The van der Waals surface area contributed by atoms with E-state index in [-0.39, 0.29) is 4.88 Å². The van der Waals surface area contributed by atoms with E-state index in [9.17, 15) is 13.6 Å². The fourth-order valence-electron chi connectivity index (χ4n) is 1.57. The summed E-state index contributed by atoms with van der Waals surface area (Å²) in [5, 5.41) is 0.677. The van der Waals surface area contributed by atoms with Crippen molar-refractivity contribution >= 4 is 33.1 Å². The molecule has 96 valence electrons. The number of pyridine rings is 1. The van der Waals surface area contributed by atoms with E-state index < -0.39 is 18.9 Å². The van der Waals surface area contributed by atoms with Gasteiger partial charge in [0.25, 0.3) is 12.3 Å². The van der Waals surface area contributed by atoms with Crippen molar-refractivity contribution in [2.75, 3.05) is 19.3 Å². The zero-order valence-electron chi connectivity index (χ0n) is 9.56. The quantitative estimate of drug-likeness (QED) is 0.931. The van der Waals surface area contributed by atoms with Crippen molar-refractivity contribution < 1.29 is 13.6 Å². The summed E-state index contributed by atoms with van der Waals surface area (Å²) in [5.74, 6) is -0.504. The fraction of sp³-hybridized carbons (Fsp3) is 0.273. The molecule has 0 unspecified atom stereocenters. The van der Waals surface area contributed by atoms with E-state index in [2.05, 4.69) is 4.98 Å². The van der Waals surface area contributed by atoms with Crippen molar-refractivity contribution in [1.82, 2.24) is 9.88 Å². The normalized spacial score (nSPS) is 11.1. The molecule has 0 aromatic carbocycles. The van der Waals surface area contributed by atoms with Crippen LogP contribution in [0.5, 0.6) is 0 Å². The van der Waals surface area contributed by atoms with Crippen LogP contribution < -0.4 is 5.73 Å². The number of nitrogens with zero attached hydrogens (tertiary/aromatic N) is 2. The summed E-state index contributed by atoms with van der Waals surface area (Å²) >= 11 is 1.12. The first kappa shape index (κ1) is 12.7. The topological polar surface area (TPSA) is 59.2 Å². The van der Waals surface area contributed by atoms with E-state index >= 15 is 0 Å². The van der Waals surface area contributed by atoms with Crippen molar-refractivity contribution in [3.8, 4) is 0 Å². The number of nitrogen functional groups attached to an aromatic ring is 1. The first-order chi connectivity index (χ1) is 8.50. The van der Waals surface area contributed by atoms with E-state index in [1.54, 1.807) is 18.3 Å². The molecule has 2 aromatic rings. The molecule has 0 bridgehead atoms. The number of hydrogen-bond acceptors (Lipinski definition) is 4. The Bertz CT molecular complexity index is 585.